The van der Waals surface area contributed by atoms with Crippen LogP contribution in [0.25, 0.3) is 0 Å². The quantitative estimate of drug-likeness (QED) is 0.636. The molecular weight excluding hydrogens is 130 g/mol. The first-order chi connectivity index (χ1) is 4.72. The second-order valence-corrected chi connectivity index (χ2v) is 2.32. The Morgan fingerprint density at radius 1 is 1.70 bits per heavy atom. The van der Waals surface area contributed by atoms with Crippen molar-refractivity contribution < 1.29 is 9.52 Å². The fourth-order valence-electron chi connectivity index (χ4n) is 0.719. The van der Waals surface area contributed by atoms with Gasteiger partial charge in [-0.2, -0.15) is 0 Å². The zero-order chi connectivity index (χ0) is 7.56. The van der Waals surface area contributed by atoms with Crippen molar-refractivity contribution in [2.45, 2.75) is 19.1 Å². The van der Waals surface area contributed by atoms with Crippen molar-refractivity contribution in [1.29, 1.82) is 0 Å². The van der Waals surface area contributed by atoms with E-state index >= 15 is 0 Å². The third-order valence-electron chi connectivity index (χ3n) is 1.33. The average molecular weight is 141 g/mol. The van der Waals surface area contributed by atoms with Crippen molar-refractivity contribution in [3.63, 3.8) is 0 Å². The van der Waals surface area contributed by atoms with Crippen LogP contribution in [0.2, 0.25) is 0 Å². The number of rotatable bonds is 2. The summed E-state index contributed by atoms with van der Waals surface area (Å²) in [4.78, 5) is 0. The number of aliphatic hydroxyl groups excluding tert-OH is 1. The maximum absolute atomic E-state index is 9.27. The van der Waals surface area contributed by atoms with E-state index in [0.29, 0.717) is 5.76 Å². The van der Waals surface area contributed by atoms with Gasteiger partial charge in [0.1, 0.15) is 11.9 Å². The highest BCUT2D eigenvalue weighted by molar-refractivity contribution is 5.03. The molecule has 0 fully saturated rings. The van der Waals surface area contributed by atoms with E-state index in [1.54, 1.807) is 19.1 Å². The molecule has 0 aliphatic carbocycles. The van der Waals surface area contributed by atoms with Gasteiger partial charge in [-0.05, 0) is 19.1 Å². The Balaban J connectivity index is 2.68. The van der Waals surface area contributed by atoms with Crippen molar-refractivity contribution >= 4 is 0 Å². The first-order valence-electron chi connectivity index (χ1n) is 3.19. The SMILES string of the molecule is C[C@@H](N)C(O)c1ccco1. The molecule has 1 aromatic heterocycles. The van der Waals surface area contributed by atoms with Gasteiger partial charge in [0.2, 0.25) is 0 Å². The van der Waals surface area contributed by atoms with Crippen molar-refractivity contribution in [1.82, 2.24) is 0 Å². The van der Waals surface area contributed by atoms with Crippen molar-refractivity contribution in [2.75, 3.05) is 0 Å². The van der Waals surface area contributed by atoms with E-state index in [2.05, 4.69) is 0 Å². The topological polar surface area (TPSA) is 59.4 Å². The Morgan fingerprint density at radius 3 is 2.80 bits per heavy atom. The fourth-order valence-corrected chi connectivity index (χ4v) is 0.719. The van der Waals surface area contributed by atoms with Gasteiger partial charge in [-0.3, -0.25) is 0 Å². The van der Waals surface area contributed by atoms with E-state index in [0.717, 1.165) is 0 Å². The second kappa shape index (κ2) is 2.86. The highest BCUT2D eigenvalue weighted by Gasteiger charge is 2.13. The summed E-state index contributed by atoms with van der Waals surface area (Å²) in [5.41, 5.74) is 5.42. The largest absolute Gasteiger partial charge is 0.467 e. The minimum atomic E-state index is -0.685. The van der Waals surface area contributed by atoms with E-state index in [1.807, 2.05) is 0 Å². The number of hydrogen-bond donors (Lipinski definition) is 2. The molecule has 1 heterocycles. The monoisotopic (exact) mass is 141 g/mol. The fraction of sp³-hybridized carbons (Fsp3) is 0.429. The molecule has 0 radical (unpaired) electrons. The van der Waals surface area contributed by atoms with Crippen LogP contribution in [0.1, 0.15) is 18.8 Å². The first kappa shape index (κ1) is 7.31. The average Bonchev–Trinajstić information content (AvgIpc) is 2.36. The summed E-state index contributed by atoms with van der Waals surface area (Å²) in [7, 11) is 0. The van der Waals surface area contributed by atoms with E-state index in [9.17, 15) is 5.11 Å². The van der Waals surface area contributed by atoms with Gasteiger partial charge >= 0.3 is 0 Å². The van der Waals surface area contributed by atoms with Gasteiger partial charge in [-0.25, -0.2) is 0 Å². The van der Waals surface area contributed by atoms with E-state index in [4.69, 9.17) is 10.2 Å². The van der Waals surface area contributed by atoms with Gasteiger partial charge in [-0.15, -0.1) is 0 Å². The number of furan rings is 1. The standard InChI is InChI=1S/C7H11NO2/c1-5(8)7(9)6-3-2-4-10-6/h2-5,7,9H,8H2,1H3/t5-,7?/m1/s1. The molecule has 0 saturated heterocycles. The summed E-state index contributed by atoms with van der Waals surface area (Å²) >= 11 is 0. The van der Waals surface area contributed by atoms with Crippen molar-refractivity contribution in [3.8, 4) is 0 Å². The summed E-state index contributed by atoms with van der Waals surface area (Å²) in [6, 6.07) is 3.14. The summed E-state index contributed by atoms with van der Waals surface area (Å²) in [5.74, 6) is 0.523. The lowest BCUT2D eigenvalue weighted by Crippen LogP contribution is -2.23. The molecular formula is C7H11NO2. The van der Waals surface area contributed by atoms with Crippen LogP contribution in [0.3, 0.4) is 0 Å². The Bertz CT molecular complexity index is 181. The number of nitrogens with two attached hydrogens (primary N) is 1. The molecule has 0 bridgehead atoms. The Hall–Kier alpha value is -0.800. The van der Waals surface area contributed by atoms with Gasteiger partial charge < -0.3 is 15.3 Å². The Labute approximate surface area is 59.5 Å². The van der Waals surface area contributed by atoms with Crippen LogP contribution in [0.15, 0.2) is 22.8 Å². The zero-order valence-corrected chi connectivity index (χ0v) is 5.82. The second-order valence-electron chi connectivity index (χ2n) is 2.32. The molecule has 3 nitrogen and oxygen atoms in total. The van der Waals surface area contributed by atoms with E-state index in [1.165, 1.54) is 6.26 Å². The molecule has 0 amide bonds. The third kappa shape index (κ3) is 1.37. The number of aliphatic hydroxyl groups is 1. The smallest absolute Gasteiger partial charge is 0.133 e. The van der Waals surface area contributed by atoms with Crippen molar-refractivity contribution in [2.24, 2.45) is 5.73 Å². The van der Waals surface area contributed by atoms with Crippen LogP contribution in [0.4, 0.5) is 0 Å². The number of hydrogen-bond acceptors (Lipinski definition) is 3. The van der Waals surface area contributed by atoms with Gasteiger partial charge in [0.15, 0.2) is 0 Å². The summed E-state index contributed by atoms with van der Waals surface area (Å²) in [5, 5.41) is 9.27. The van der Waals surface area contributed by atoms with Crippen LogP contribution in [-0.2, 0) is 0 Å². The molecule has 10 heavy (non-hydrogen) atoms. The Kier molecular flexibility index (Phi) is 2.09. The molecule has 1 unspecified atom stereocenters. The van der Waals surface area contributed by atoms with Gasteiger partial charge in [0, 0.05) is 6.04 Å². The van der Waals surface area contributed by atoms with Gasteiger partial charge in [-0.1, -0.05) is 0 Å². The maximum atomic E-state index is 9.27. The highest BCUT2D eigenvalue weighted by Crippen LogP contribution is 2.14. The molecule has 1 rings (SSSR count). The molecule has 0 aromatic carbocycles. The molecule has 3 heteroatoms. The van der Waals surface area contributed by atoms with Crippen LogP contribution < -0.4 is 5.73 Å². The Morgan fingerprint density at radius 2 is 2.40 bits per heavy atom. The van der Waals surface area contributed by atoms with Gasteiger partial charge in [0.05, 0.1) is 6.26 Å². The zero-order valence-electron chi connectivity index (χ0n) is 5.82. The maximum Gasteiger partial charge on any atom is 0.133 e. The predicted octanol–water partition coefficient (Wildman–Crippen LogP) is 0.660. The molecule has 0 aliphatic heterocycles. The molecule has 3 N–H and O–H groups in total. The summed E-state index contributed by atoms with van der Waals surface area (Å²) < 4.78 is 4.93. The van der Waals surface area contributed by atoms with Crippen LogP contribution in [0, 0.1) is 0 Å². The van der Waals surface area contributed by atoms with Crippen LogP contribution in [-0.4, -0.2) is 11.1 Å². The van der Waals surface area contributed by atoms with Crippen molar-refractivity contribution in [3.05, 3.63) is 24.2 Å². The molecule has 0 saturated carbocycles. The first-order valence-corrected chi connectivity index (χ1v) is 3.19. The van der Waals surface area contributed by atoms with E-state index in [-0.39, 0.29) is 6.04 Å². The van der Waals surface area contributed by atoms with Crippen LogP contribution >= 0.6 is 0 Å². The van der Waals surface area contributed by atoms with E-state index < -0.39 is 6.10 Å². The molecule has 56 valence electrons. The molecule has 0 aliphatic rings. The van der Waals surface area contributed by atoms with Gasteiger partial charge in [0.25, 0.3) is 0 Å². The summed E-state index contributed by atoms with van der Waals surface area (Å²) in [6.07, 6.45) is 0.830. The highest BCUT2D eigenvalue weighted by atomic mass is 16.4. The minimum absolute atomic E-state index is 0.286. The third-order valence-corrected chi connectivity index (χ3v) is 1.33. The van der Waals surface area contributed by atoms with Crippen LogP contribution in [0.5, 0.6) is 0 Å². The lowest BCUT2D eigenvalue weighted by atomic mass is 10.1. The normalized spacial score (nSPS) is 16.7. The molecule has 2 atom stereocenters. The summed E-state index contributed by atoms with van der Waals surface area (Å²) in [6.45, 7) is 1.73. The molecule has 0 spiro atoms. The molecule has 1 aromatic rings. The predicted molar refractivity (Wildman–Crippen MR) is 37.3 cm³/mol. The minimum Gasteiger partial charge on any atom is -0.467 e. The lowest BCUT2D eigenvalue weighted by molar-refractivity contribution is 0.127. The lowest BCUT2D eigenvalue weighted by Gasteiger charge is -2.10.